The Kier molecular flexibility index (Phi) is 8.19. The van der Waals surface area contributed by atoms with Gasteiger partial charge in [0.15, 0.2) is 0 Å². The molecule has 0 saturated carbocycles. The minimum atomic E-state index is -4.91. The number of nitrogens with one attached hydrogen (secondary N) is 1. The van der Waals surface area contributed by atoms with Crippen LogP contribution in [-0.4, -0.2) is 61.3 Å². The predicted octanol–water partition coefficient (Wildman–Crippen LogP) is 3.74. The van der Waals surface area contributed by atoms with Gasteiger partial charge in [0.25, 0.3) is 0 Å². The highest BCUT2D eigenvalue weighted by atomic mass is 35.5. The van der Waals surface area contributed by atoms with Crippen molar-refractivity contribution in [2.75, 3.05) is 30.3 Å². The van der Waals surface area contributed by atoms with E-state index in [1.165, 1.54) is 48.5 Å². The molecule has 0 radical (unpaired) electrons. The van der Waals surface area contributed by atoms with Crippen LogP contribution in [0.3, 0.4) is 0 Å². The number of carboxylic acid groups (broad SMARTS) is 1. The van der Waals surface area contributed by atoms with Crippen molar-refractivity contribution in [3.63, 3.8) is 0 Å². The first-order chi connectivity index (χ1) is 20.1. The largest absolute Gasteiger partial charge is 0.480 e. The molecule has 2 aromatic carbocycles. The van der Waals surface area contributed by atoms with Gasteiger partial charge in [-0.25, -0.2) is 13.6 Å². The quantitative estimate of drug-likeness (QED) is 0.298. The number of alkyl halides is 3. The van der Waals surface area contributed by atoms with Gasteiger partial charge in [-0.15, -0.1) is 0 Å². The molecule has 3 aromatic rings. The van der Waals surface area contributed by atoms with Crippen molar-refractivity contribution in [2.24, 2.45) is 10.6 Å². The van der Waals surface area contributed by atoms with Gasteiger partial charge in [-0.2, -0.15) is 23.1 Å². The molecule has 2 unspecified atom stereocenters. The molecule has 230 valence electrons. The Labute approximate surface area is 250 Å². The first kappa shape index (κ1) is 30.8. The number of hydrogen-bond acceptors (Lipinski definition) is 9. The van der Waals surface area contributed by atoms with Crippen LogP contribution in [0.4, 0.5) is 24.9 Å². The summed E-state index contributed by atoms with van der Waals surface area (Å²) in [7, 11) is -4.02. The number of ether oxygens (including phenoxy) is 1. The number of benzene rings is 2. The normalized spacial score (nSPS) is 19.4. The smallest absolute Gasteiger partial charge is 0.429 e. The SMILES string of the molecule is Nc1nc(OC(c2ccc(Cl)cc2-c2ccc(S(N)(=O)=O)cc2)C(F)(F)F)cc(N2CCC3(CC2)CNC(C(=O)O)C3)n1. The van der Waals surface area contributed by atoms with Gasteiger partial charge in [-0.3, -0.25) is 4.79 Å². The first-order valence-corrected chi connectivity index (χ1v) is 15.1. The number of nitrogens with zero attached hydrogens (tertiary/aromatic N) is 3. The molecule has 6 N–H and O–H groups in total. The molecule has 1 aromatic heterocycles. The van der Waals surface area contributed by atoms with Gasteiger partial charge in [0.2, 0.25) is 28.0 Å². The Hall–Kier alpha value is -3.66. The number of nitrogen functional groups attached to an aromatic ring is 1. The van der Waals surface area contributed by atoms with E-state index >= 15 is 0 Å². The number of primary sulfonamides is 1. The van der Waals surface area contributed by atoms with Crippen LogP contribution in [0.1, 0.15) is 30.9 Å². The molecular weight excluding hydrogens is 613 g/mol. The highest BCUT2D eigenvalue weighted by molar-refractivity contribution is 7.89. The number of nitrogens with two attached hydrogens (primary N) is 2. The van der Waals surface area contributed by atoms with E-state index in [9.17, 15) is 31.5 Å². The second-order valence-electron chi connectivity index (χ2n) is 10.7. The number of hydrogen-bond donors (Lipinski definition) is 4. The van der Waals surface area contributed by atoms with Gasteiger partial charge in [-0.1, -0.05) is 29.8 Å². The maximum Gasteiger partial charge on any atom is 0.429 e. The highest BCUT2D eigenvalue weighted by Crippen LogP contribution is 2.43. The summed E-state index contributed by atoms with van der Waals surface area (Å²) < 4.78 is 72.4. The number of rotatable bonds is 7. The fraction of sp³-hybridized carbons (Fsp3) is 0.370. The highest BCUT2D eigenvalue weighted by Gasteiger charge is 2.46. The average Bonchev–Trinajstić information content (AvgIpc) is 3.35. The Bertz CT molecular complexity index is 1630. The fourth-order valence-electron chi connectivity index (χ4n) is 5.59. The maximum atomic E-state index is 14.5. The van der Waals surface area contributed by atoms with Crippen LogP contribution in [-0.2, 0) is 14.8 Å². The fourth-order valence-corrected chi connectivity index (χ4v) is 6.28. The molecule has 11 nitrogen and oxygen atoms in total. The first-order valence-electron chi connectivity index (χ1n) is 13.2. The summed E-state index contributed by atoms with van der Waals surface area (Å²) in [6, 6.07) is 9.49. The number of sulfonamides is 1. The lowest BCUT2D eigenvalue weighted by molar-refractivity contribution is -0.198. The zero-order valence-electron chi connectivity index (χ0n) is 22.5. The molecule has 16 heteroatoms. The van der Waals surface area contributed by atoms with Crippen molar-refractivity contribution in [1.29, 1.82) is 0 Å². The maximum absolute atomic E-state index is 14.5. The van der Waals surface area contributed by atoms with Crippen LogP contribution in [0.5, 0.6) is 5.88 Å². The third-order valence-corrected chi connectivity index (χ3v) is 9.01. The second-order valence-corrected chi connectivity index (χ2v) is 12.7. The third kappa shape index (κ3) is 6.79. The lowest BCUT2D eigenvalue weighted by atomic mass is 9.76. The molecule has 5 rings (SSSR count). The lowest BCUT2D eigenvalue weighted by Crippen LogP contribution is -2.41. The molecule has 2 aliphatic heterocycles. The number of carboxylic acids is 1. The zero-order valence-corrected chi connectivity index (χ0v) is 24.1. The van der Waals surface area contributed by atoms with E-state index in [2.05, 4.69) is 15.3 Å². The Morgan fingerprint density at radius 3 is 2.40 bits per heavy atom. The van der Waals surface area contributed by atoms with Gasteiger partial charge in [0.1, 0.15) is 11.9 Å². The standard InChI is InChI=1S/C27H28ClF3N6O5S/c28-16-3-6-18(19(11-16)15-1-4-17(5-2-15)43(33,40)41)23(27(29,30)31)42-22-12-21(35-25(32)36-22)37-9-7-26(8-10-37)13-20(24(38)39)34-14-26/h1-6,11-12,20,23,34H,7-10,13-14H2,(H,38,39)(H2,32,35,36)(H2,33,40,41). The molecule has 2 aliphatic rings. The summed E-state index contributed by atoms with van der Waals surface area (Å²) in [5, 5.41) is 17.7. The van der Waals surface area contributed by atoms with Crippen LogP contribution < -0.4 is 25.8 Å². The van der Waals surface area contributed by atoms with Gasteiger partial charge in [-0.05, 0) is 60.1 Å². The van der Waals surface area contributed by atoms with Crippen molar-refractivity contribution in [3.8, 4) is 17.0 Å². The van der Waals surface area contributed by atoms with Crippen LogP contribution >= 0.6 is 11.6 Å². The van der Waals surface area contributed by atoms with Crippen LogP contribution in [0.15, 0.2) is 53.4 Å². The van der Waals surface area contributed by atoms with Gasteiger partial charge in [0.05, 0.1) is 4.90 Å². The van der Waals surface area contributed by atoms with E-state index in [0.29, 0.717) is 38.9 Å². The predicted molar refractivity (Wildman–Crippen MR) is 152 cm³/mol. The molecule has 0 aliphatic carbocycles. The minimum Gasteiger partial charge on any atom is -0.480 e. The molecule has 0 bridgehead atoms. The molecule has 43 heavy (non-hydrogen) atoms. The number of aliphatic carboxylic acids is 1. The van der Waals surface area contributed by atoms with Crippen molar-refractivity contribution in [1.82, 2.24) is 15.3 Å². The molecule has 0 amide bonds. The summed E-state index contributed by atoms with van der Waals surface area (Å²) in [6.07, 6.45) is -5.59. The van der Waals surface area contributed by atoms with E-state index in [-0.39, 0.29) is 43.8 Å². The lowest BCUT2D eigenvalue weighted by Gasteiger charge is -2.39. The van der Waals surface area contributed by atoms with Gasteiger partial charge >= 0.3 is 12.1 Å². The molecular formula is C27H28ClF3N6O5S. The van der Waals surface area contributed by atoms with Crippen molar-refractivity contribution < 1.29 is 36.2 Å². The Morgan fingerprint density at radius 2 is 1.81 bits per heavy atom. The van der Waals surface area contributed by atoms with E-state index in [0.717, 1.165) is 0 Å². The summed E-state index contributed by atoms with van der Waals surface area (Å²) in [5.74, 6) is -1.29. The summed E-state index contributed by atoms with van der Waals surface area (Å²) in [5.41, 5.74) is 5.72. The van der Waals surface area contributed by atoms with E-state index in [4.69, 9.17) is 27.2 Å². The third-order valence-electron chi connectivity index (χ3n) is 7.84. The van der Waals surface area contributed by atoms with E-state index in [1.807, 2.05) is 4.90 Å². The minimum absolute atomic E-state index is 0.0595. The summed E-state index contributed by atoms with van der Waals surface area (Å²) in [4.78, 5) is 21.1. The van der Waals surface area contributed by atoms with Crippen LogP contribution in [0.2, 0.25) is 5.02 Å². The number of aromatic nitrogens is 2. The average molecular weight is 641 g/mol. The Balaban J connectivity index is 1.42. The monoisotopic (exact) mass is 640 g/mol. The van der Waals surface area contributed by atoms with Crippen molar-refractivity contribution in [2.45, 2.75) is 42.5 Å². The van der Waals surface area contributed by atoms with E-state index in [1.54, 1.807) is 0 Å². The molecule has 2 atom stereocenters. The van der Waals surface area contributed by atoms with Crippen LogP contribution in [0, 0.1) is 5.41 Å². The topological polar surface area (TPSA) is 174 Å². The summed E-state index contributed by atoms with van der Waals surface area (Å²) in [6.45, 7) is 1.55. The number of halogens is 4. The van der Waals surface area contributed by atoms with Crippen molar-refractivity contribution >= 4 is 39.4 Å². The number of piperidine rings is 1. The van der Waals surface area contributed by atoms with Gasteiger partial charge in [0, 0.05) is 36.3 Å². The zero-order chi connectivity index (χ0) is 31.2. The molecule has 2 fully saturated rings. The molecule has 1 spiro atoms. The van der Waals surface area contributed by atoms with Crippen molar-refractivity contribution in [3.05, 3.63) is 59.1 Å². The number of carbonyl (C=O) groups is 1. The second kappa shape index (κ2) is 11.4. The number of anilines is 2. The van der Waals surface area contributed by atoms with Gasteiger partial charge < -0.3 is 25.8 Å². The Morgan fingerprint density at radius 1 is 1.14 bits per heavy atom. The summed E-state index contributed by atoms with van der Waals surface area (Å²) >= 11 is 6.13. The van der Waals surface area contributed by atoms with Crippen LogP contribution in [0.25, 0.3) is 11.1 Å². The van der Waals surface area contributed by atoms with E-state index < -0.39 is 40.2 Å². The molecule has 3 heterocycles. The molecule has 2 saturated heterocycles.